The molecule has 108 valence electrons. The molecule has 0 radical (unpaired) electrons. The maximum absolute atomic E-state index is 11.9. The fourth-order valence-electron chi connectivity index (χ4n) is 3.00. The SMILES string of the molecule is O=c1[nH]nc(CCn2cccn2)n1CC1CCCCC1. The van der Waals surface area contributed by atoms with E-state index in [1.807, 2.05) is 21.5 Å². The van der Waals surface area contributed by atoms with Crippen LogP contribution in [0.1, 0.15) is 37.9 Å². The predicted molar refractivity (Wildman–Crippen MR) is 75.4 cm³/mol. The zero-order valence-corrected chi connectivity index (χ0v) is 11.7. The van der Waals surface area contributed by atoms with Crippen molar-refractivity contribution in [3.8, 4) is 0 Å². The second kappa shape index (κ2) is 6.07. The summed E-state index contributed by atoms with van der Waals surface area (Å²) in [5.74, 6) is 1.47. The highest BCUT2D eigenvalue weighted by atomic mass is 16.1. The third-order valence-electron chi connectivity index (χ3n) is 4.13. The van der Waals surface area contributed by atoms with Gasteiger partial charge in [-0.3, -0.25) is 9.25 Å². The van der Waals surface area contributed by atoms with Crippen LogP contribution in [0.4, 0.5) is 0 Å². The van der Waals surface area contributed by atoms with Crippen molar-refractivity contribution in [2.75, 3.05) is 0 Å². The van der Waals surface area contributed by atoms with E-state index in [1.54, 1.807) is 6.20 Å². The van der Waals surface area contributed by atoms with Crippen molar-refractivity contribution in [2.24, 2.45) is 5.92 Å². The van der Waals surface area contributed by atoms with Crippen LogP contribution in [0.15, 0.2) is 23.3 Å². The highest BCUT2D eigenvalue weighted by Gasteiger charge is 2.17. The summed E-state index contributed by atoms with van der Waals surface area (Å²) < 4.78 is 3.68. The first-order valence-corrected chi connectivity index (χ1v) is 7.44. The minimum absolute atomic E-state index is 0.0777. The highest BCUT2D eigenvalue weighted by Crippen LogP contribution is 2.24. The number of nitrogens with one attached hydrogen (secondary N) is 1. The molecule has 20 heavy (non-hydrogen) atoms. The van der Waals surface area contributed by atoms with E-state index in [0.717, 1.165) is 25.3 Å². The molecule has 6 heteroatoms. The van der Waals surface area contributed by atoms with E-state index < -0.39 is 0 Å². The smallest absolute Gasteiger partial charge is 0.279 e. The van der Waals surface area contributed by atoms with E-state index in [0.29, 0.717) is 5.92 Å². The van der Waals surface area contributed by atoms with Gasteiger partial charge in [-0.1, -0.05) is 19.3 Å². The Balaban J connectivity index is 1.66. The number of H-pyrrole nitrogens is 1. The first-order chi connectivity index (χ1) is 9.83. The van der Waals surface area contributed by atoms with Gasteiger partial charge in [-0.2, -0.15) is 10.2 Å². The Morgan fingerprint density at radius 2 is 2.15 bits per heavy atom. The van der Waals surface area contributed by atoms with Crippen molar-refractivity contribution in [3.05, 3.63) is 34.8 Å². The summed E-state index contributed by atoms with van der Waals surface area (Å²) in [7, 11) is 0. The molecule has 2 aromatic heterocycles. The van der Waals surface area contributed by atoms with Crippen molar-refractivity contribution in [1.82, 2.24) is 24.5 Å². The van der Waals surface area contributed by atoms with Gasteiger partial charge in [0.1, 0.15) is 5.82 Å². The topological polar surface area (TPSA) is 68.5 Å². The number of hydrogen-bond donors (Lipinski definition) is 1. The van der Waals surface area contributed by atoms with E-state index in [2.05, 4.69) is 15.3 Å². The van der Waals surface area contributed by atoms with Crippen molar-refractivity contribution in [3.63, 3.8) is 0 Å². The molecule has 0 amide bonds. The molecule has 1 saturated carbocycles. The van der Waals surface area contributed by atoms with Crippen molar-refractivity contribution < 1.29 is 0 Å². The second-order valence-corrected chi connectivity index (χ2v) is 5.58. The van der Waals surface area contributed by atoms with E-state index in [4.69, 9.17) is 0 Å². The number of nitrogens with zero attached hydrogens (tertiary/aromatic N) is 4. The van der Waals surface area contributed by atoms with Gasteiger partial charge in [-0.25, -0.2) is 9.89 Å². The predicted octanol–water partition coefficient (Wildman–Crippen LogP) is 1.59. The molecule has 0 spiro atoms. The van der Waals surface area contributed by atoms with Crippen LogP contribution >= 0.6 is 0 Å². The maximum atomic E-state index is 11.9. The largest absolute Gasteiger partial charge is 0.343 e. The number of hydrogen-bond acceptors (Lipinski definition) is 3. The minimum Gasteiger partial charge on any atom is -0.279 e. The minimum atomic E-state index is -0.0777. The Morgan fingerprint density at radius 1 is 1.30 bits per heavy atom. The molecule has 1 fully saturated rings. The molecule has 0 unspecified atom stereocenters. The summed E-state index contributed by atoms with van der Waals surface area (Å²) in [6.45, 7) is 1.56. The molecular formula is C14H21N5O. The van der Waals surface area contributed by atoms with Crippen LogP contribution < -0.4 is 5.69 Å². The molecule has 0 saturated heterocycles. The summed E-state index contributed by atoms with van der Waals surface area (Å²) in [5.41, 5.74) is -0.0777. The molecule has 1 aliphatic rings. The first kappa shape index (κ1) is 13.1. The Hall–Kier alpha value is -1.85. The first-order valence-electron chi connectivity index (χ1n) is 7.44. The second-order valence-electron chi connectivity index (χ2n) is 5.58. The van der Waals surface area contributed by atoms with Crippen LogP contribution in [0.2, 0.25) is 0 Å². The molecule has 0 aliphatic heterocycles. The fraction of sp³-hybridized carbons (Fsp3) is 0.643. The van der Waals surface area contributed by atoms with E-state index in [-0.39, 0.29) is 5.69 Å². The summed E-state index contributed by atoms with van der Waals surface area (Å²) >= 11 is 0. The molecule has 0 atom stereocenters. The van der Waals surface area contributed by atoms with Gasteiger partial charge in [0.25, 0.3) is 0 Å². The van der Waals surface area contributed by atoms with Gasteiger partial charge in [0, 0.05) is 31.9 Å². The summed E-state index contributed by atoms with van der Waals surface area (Å²) in [4.78, 5) is 11.9. The normalized spacial score (nSPS) is 16.6. The Kier molecular flexibility index (Phi) is 3.99. The third-order valence-corrected chi connectivity index (χ3v) is 4.13. The summed E-state index contributed by atoms with van der Waals surface area (Å²) in [6.07, 6.45) is 10.8. The zero-order valence-electron chi connectivity index (χ0n) is 11.7. The average molecular weight is 275 g/mol. The Morgan fingerprint density at radius 3 is 2.90 bits per heavy atom. The van der Waals surface area contributed by atoms with Gasteiger partial charge in [0.2, 0.25) is 0 Å². The fourth-order valence-corrected chi connectivity index (χ4v) is 3.00. The van der Waals surface area contributed by atoms with Crippen LogP contribution in [-0.2, 0) is 19.5 Å². The van der Waals surface area contributed by atoms with Crippen LogP contribution in [0.3, 0.4) is 0 Å². The third kappa shape index (κ3) is 3.00. The number of aryl methyl sites for hydroxylation is 2. The Bertz CT molecular complexity index is 577. The molecule has 2 aromatic rings. The highest BCUT2D eigenvalue weighted by molar-refractivity contribution is 4.88. The molecule has 0 bridgehead atoms. The quantitative estimate of drug-likeness (QED) is 0.901. The number of rotatable bonds is 5. The lowest BCUT2D eigenvalue weighted by molar-refractivity contribution is 0.312. The van der Waals surface area contributed by atoms with E-state index >= 15 is 0 Å². The zero-order chi connectivity index (χ0) is 13.8. The van der Waals surface area contributed by atoms with Gasteiger partial charge in [-0.05, 0) is 24.8 Å². The lowest BCUT2D eigenvalue weighted by Gasteiger charge is -2.21. The van der Waals surface area contributed by atoms with Crippen LogP contribution in [0, 0.1) is 5.92 Å². The summed E-state index contributed by atoms with van der Waals surface area (Å²) in [6, 6.07) is 1.90. The molecule has 1 N–H and O–H groups in total. The molecular weight excluding hydrogens is 254 g/mol. The van der Waals surface area contributed by atoms with Crippen molar-refractivity contribution in [2.45, 2.75) is 51.6 Å². The van der Waals surface area contributed by atoms with Gasteiger partial charge in [0.15, 0.2) is 0 Å². The monoisotopic (exact) mass is 275 g/mol. The average Bonchev–Trinajstić information content (AvgIpc) is 3.10. The lowest BCUT2D eigenvalue weighted by Crippen LogP contribution is -2.25. The molecule has 2 heterocycles. The van der Waals surface area contributed by atoms with Gasteiger partial charge in [0.05, 0.1) is 0 Å². The number of aromatic nitrogens is 5. The van der Waals surface area contributed by atoms with Gasteiger partial charge >= 0.3 is 5.69 Å². The standard InChI is InChI=1S/C14H21N5O/c20-14-17-16-13(7-10-18-9-4-8-15-18)19(14)11-12-5-2-1-3-6-12/h4,8-9,12H,1-3,5-7,10-11H2,(H,17,20). The van der Waals surface area contributed by atoms with Crippen molar-refractivity contribution in [1.29, 1.82) is 0 Å². The number of aromatic amines is 1. The van der Waals surface area contributed by atoms with Gasteiger partial charge < -0.3 is 0 Å². The van der Waals surface area contributed by atoms with Crippen molar-refractivity contribution >= 4 is 0 Å². The molecule has 6 nitrogen and oxygen atoms in total. The van der Waals surface area contributed by atoms with E-state index in [9.17, 15) is 4.79 Å². The van der Waals surface area contributed by atoms with Crippen LogP contribution in [-0.4, -0.2) is 24.5 Å². The summed E-state index contributed by atoms with van der Waals surface area (Å²) in [5, 5.41) is 10.9. The molecule has 1 aliphatic carbocycles. The Labute approximate surface area is 117 Å². The maximum Gasteiger partial charge on any atom is 0.343 e. The van der Waals surface area contributed by atoms with Gasteiger partial charge in [-0.15, -0.1) is 0 Å². The lowest BCUT2D eigenvalue weighted by atomic mass is 9.89. The van der Waals surface area contributed by atoms with Crippen LogP contribution in [0.25, 0.3) is 0 Å². The molecule has 3 rings (SSSR count). The van der Waals surface area contributed by atoms with E-state index in [1.165, 1.54) is 32.1 Å². The molecule has 0 aromatic carbocycles. The van der Waals surface area contributed by atoms with Crippen LogP contribution in [0.5, 0.6) is 0 Å².